The molecule has 0 aliphatic rings. The predicted molar refractivity (Wildman–Crippen MR) is 79.9 cm³/mol. The Morgan fingerprint density at radius 1 is 1.12 bits per heavy atom. The summed E-state index contributed by atoms with van der Waals surface area (Å²) in [6.07, 6.45) is -0.882. The second kappa shape index (κ2) is 6.57. The molecule has 0 N–H and O–H groups in total. The molecule has 1 aromatic heterocycles. The number of aromatic nitrogens is 2. The SMILES string of the molecule is CC(OC(=O)c1ccc(F)cc1F)c1nnc(-c2ccccc2)o1. The van der Waals surface area contributed by atoms with Crippen molar-refractivity contribution in [1.29, 1.82) is 0 Å². The number of carbonyl (C=O) groups is 1. The van der Waals surface area contributed by atoms with E-state index in [0.717, 1.165) is 17.7 Å². The van der Waals surface area contributed by atoms with E-state index >= 15 is 0 Å². The lowest BCUT2D eigenvalue weighted by molar-refractivity contribution is 0.0274. The van der Waals surface area contributed by atoms with Gasteiger partial charge in [0, 0.05) is 11.6 Å². The van der Waals surface area contributed by atoms with E-state index in [0.29, 0.717) is 6.07 Å². The highest BCUT2D eigenvalue weighted by Crippen LogP contribution is 2.23. The predicted octanol–water partition coefficient (Wildman–Crippen LogP) is 3.93. The Bertz CT molecular complexity index is 865. The minimum atomic E-state index is -0.997. The van der Waals surface area contributed by atoms with Crippen molar-refractivity contribution in [2.75, 3.05) is 0 Å². The fraction of sp³-hybridized carbons (Fsp3) is 0.118. The van der Waals surface area contributed by atoms with E-state index in [4.69, 9.17) is 9.15 Å². The van der Waals surface area contributed by atoms with Crippen molar-refractivity contribution in [3.8, 4) is 11.5 Å². The van der Waals surface area contributed by atoms with Gasteiger partial charge in [-0.05, 0) is 31.2 Å². The zero-order valence-corrected chi connectivity index (χ0v) is 12.6. The van der Waals surface area contributed by atoms with Crippen LogP contribution in [0.4, 0.5) is 8.78 Å². The van der Waals surface area contributed by atoms with Gasteiger partial charge in [0.2, 0.25) is 5.89 Å². The summed E-state index contributed by atoms with van der Waals surface area (Å²) in [6, 6.07) is 11.7. The standard InChI is InChI=1S/C17H12F2N2O3/c1-10(23-17(22)13-8-7-12(18)9-14(13)19)15-20-21-16(24-15)11-5-3-2-4-6-11/h2-10H,1H3. The molecule has 0 saturated carbocycles. The van der Waals surface area contributed by atoms with Crippen molar-refractivity contribution >= 4 is 5.97 Å². The summed E-state index contributed by atoms with van der Waals surface area (Å²) in [6.45, 7) is 1.52. The van der Waals surface area contributed by atoms with Crippen LogP contribution in [-0.4, -0.2) is 16.2 Å². The number of carbonyl (C=O) groups excluding carboxylic acids is 1. The molecule has 1 unspecified atom stereocenters. The van der Waals surface area contributed by atoms with E-state index in [1.54, 1.807) is 12.1 Å². The lowest BCUT2D eigenvalue weighted by Crippen LogP contribution is -2.11. The lowest BCUT2D eigenvalue weighted by atomic mass is 10.2. The smallest absolute Gasteiger partial charge is 0.341 e. The summed E-state index contributed by atoms with van der Waals surface area (Å²) < 4.78 is 37.0. The molecule has 1 atom stereocenters. The fourth-order valence-corrected chi connectivity index (χ4v) is 2.03. The Balaban J connectivity index is 1.74. The number of halogens is 2. The highest BCUT2D eigenvalue weighted by molar-refractivity contribution is 5.89. The van der Waals surface area contributed by atoms with Crippen LogP contribution in [0.5, 0.6) is 0 Å². The van der Waals surface area contributed by atoms with E-state index in [1.165, 1.54) is 6.92 Å². The van der Waals surface area contributed by atoms with Crippen molar-refractivity contribution in [3.63, 3.8) is 0 Å². The first-order valence-corrected chi connectivity index (χ1v) is 7.09. The van der Waals surface area contributed by atoms with Crippen molar-refractivity contribution in [2.45, 2.75) is 13.0 Å². The average molecular weight is 330 g/mol. The molecule has 0 amide bonds. The molecule has 5 nitrogen and oxygen atoms in total. The van der Waals surface area contributed by atoms with Crippen LogP contribution < -0.4 is 0 Å². The second-order valence-electron chi connectivity index (χ2n) is 4.98. The molecular formula is C17H12F2N2O3. The molecule has 1 heterocycles. The largest absolute Gasteiger partial charge is 0.449 e. The molecule has 3 aromatic rings. The molecule has 122 valence electrons. The first-order valence-electron chi connectivity index (χ1n) is 7.09. The van der Waals surface area contributed by atoms with Gasteiger partial charge < -0.3 is 9.15 Å². The molecule has 0 bridgehead atoms. The van der Waals surface area contributed by atoms with Gasteiger partial charge in [-0.2, -0.15) is 0 Å². The van der Waals surface area contributed by atoms with Gasteiger partial charge in [0.1, 0.15) is 11.6 Å². The maximum atomic E-state index is 13.6. The van der Waals surface area contributed by atoms with Crippen LogP contribution in [0.25, 0.3) is 11.5 Å². The summed E-state index contributed by atoms with van der Waals surface area (Å²) in [5.41, 5.74) is 0.352. The monoisotopic (exact) mass is 330 g/mol. The Labute approximate surface area is 135 Å². The van der Waals surface area contributed by atoms with Crippen molar-refractivity contribution in [1.82, 2.24) is 10.2 Å². The maximum absolute atomic E-state index is 13.6. The van der Waals surface area contributed by atoms with Crippen LogP contribution in [-0.2, 0) is 4.74 Å². The number of hydrogen-bond acceptors (Lipinski definition) is 5. The molecular weight excluding hydrogens is 318 g/mol. The minimum Gasteiger partial charge on any atom is -0.449 e. The Morgan fingerprint density at radius 3 is 2.58 bits per heavy atom. The lowest BCUT2D eigenvalue weighted by Gasteiger charge is -2.09. The van der Waals surface area contributed by atoms with Crippen molar-refractivity contribution in [3.05, 3.63) is 71.6 Å². The molecule has 0 spiro atoms. The van der Waals surface area contributed by atoms with Crippen LogP contribution >= 0.6 is 0 Å². The van der Waals surface area contributed by atoms with Gasteiger partial charge in [0.25, 0.3) is 5.89 Å². The van der Waals surface area contributed by atoms with Gasteiger partial charge in [-0.15, -0.1) is 10.2 Å². The molecule has 2 aromatic carbocycles. The molecule has 24 heavy (non-hydrogen) atoms. The van der Waals surface area contributed by atoms with E-state index < -0.39 is 23.7 Å². The highest BCUT2D eigenvalue weighted by atomic mass is 19.1. The number of nitrogens with zero attached hydrogens (tertiary/aromatic N) is 2. The van der Waals surface area contributed by atoms with Gasteiger partial charge in [0.15, 0.2) is 6.10 Å². The van der Waals surface area contributed by atoms with Gasteiger partial charge in [0.05, 0.1) is 5.56 Å². The fourth-order valence-electron chi connectivity index (χ4n) is 2.03. The maximum Gasteiger partial charge on any atom is 0.341 e. The normalized spacial score (nSPS) is 12.0. The van der Waals surface area contributed by atoms with E-state index in [2.05, 4.69) is 10.2 Å². The summed E-state index contributed by atoms with van der Waals surface area (Å²) >= 11 is 0. The third kappa shape index (κ3) is 3.29. The highest BCUT2D eigenvalue weighted by Gasteiger charge is 2.22. The van der Waals surface area contributed by atoms with E-state index in [-0.39, 0.29) is 17.3 Å². The molecule has 7 heteroatoms. The Morgan fingerprint density at radius 2 is 1.88 bits per heavy atom. The zero-order valence-electron chi connectivity index (χ0n) is 12.6. The Kier molecular flexibility index (Phi) is 4.33. The van der Waals surface area contributed by atoms with Crippen LogP contribution in [0.2, 0.25) is 0 Å². The number of hydrogen-bond donors (Lipinski definition) is 0. The summed E-state index contributed by atoms with van der Waals surface area (Å²) in [4.78, 5) is 12.0. The first kappa shape index (κ1) is 15.8. The summed E-state index contributed by atoms with van der Waals surface area (Å²) in [5.74, 6) is -2.37. The third-order valence-corrected chi connectivity index (χ3v) is 3.24. The van der Waals surface area contributed by atoms with E-state index in [1.807, 2.05) is 18.2 Å². The summed E-state index contributed by atoms with van der Waals surface area (Å²) in [5, 5.41) is 7.71. The average Bonchev–Trinajstić information content (AvgIpc) is 3.05. The molecule has 3 rings (SSSR count). The molecule has 0 saturated heterocycles. The zero-order chi connectivity index (χ0) is 17.1. The quantitative estimate of drug-likeness (QED) is 0.678. The minimum absolute atomic E-state index is 0.0738. The van der Waals surface area contributed by atoms with Crippen LogP contribution in [0.3, 0.4) is 0 Å². The second-order valence-corrected chi connectivity index (χ2v) is 4.98. The third-order valence-electron chi connectivity index (χ3n) is 3.24. The summed E-state index contributed by atoms with van der Waals surface area (Å²) in [7, 11) is 0. The van der Waals surface area contributed by atoms with Gasteiger partial charge in [-0.1, -0.05) is 18.2 Å². The molecule has 0 aliphatic carbocycles. The number of ether oxygens (including phenoxy) is 1. The molecule has 0 aliphatic heterocycles. The molecule has 0 radical (unpaired) electrons. The van der Waals surface area contributed by atoms with Crippen LogP contribution in [0.1, 0.15) is 29.3 Å². The van der Waals surface area contributed by atoms with Gasteiger partial charge in [-0.3, -0.25) is 0 Å². The van der Waals surface area contributed by atoms with Gasteiger partial charge in [-0.25, -0.2) is 13.6 Å². The van der Waals surface area contributed by atoms with Crippen molar-refractivity contribution < 1.29 is 22.7 Å². The number of benzene rings is 2. The Hall–Kier alpha value is -3.09. The van der Waals surface area contributed by atoms with Gasteiger partial charge >= 0.3 is 5.97 Å². The van der Waals surface area contributed by atoms with E-state index in [9.17, 15) is 13.6 Å². The number of rotatable bonds is 4. The topological polar surface area (TPSA) is 65.2 Å². The van der Waals surface area contributed by atoms with Crippen molar-refractivity contribution in [2.24, 2.45) is 0 Å². The first-order chi connectivity index (χ1) is 11.5. The number of esters is 1. The van der Waals surface area contributed by atoms with Crippen LogP contribution in [0.15, 0.2) is 52.9 Å². The van der Waals surface area contributed by atoms with Crippen LogP contribution in [0, 0.1) is 11.6 Å². The molecule has 0 fully saturated rings.